The molecule has 26 heavy (non-hydrogen) atoms. The molecule has 1 saturated heterocycles. The fraction of sp³-hybridized carbons (Fsp3) is 0.545. The summed E-state index contributed by atoms with van der Waals surface area (Å²) in [4.78, 5) is 27.7. The lowest BCUT2D eigenvalue weighted by Gasteiger charge is -2.34. The van der Waals surface area contributed by atoms with Crippen molar-refractivity contribution in [3.63, 3.8) is 0 Å². The maximum atomic E-state index is 13.3. The Hall–Kier alpha value is -2.10. The number of amides is 1. The van der Waals surface area contributed by atoms with Crippen LogP contribution in [0.5, 0.6) is 0 Å². The van der Waals surface area contributed by atoms with Crippen molar-refractivity contribution in [1.29, 1.82) is 0 Å². The number of carbonyl (C=O) groups is 2. The zero-order chi connectivity index (χ0) is 18.8. The number of likely N-dealkylation sites (tertiary alicyclic amines) is 1. The largest absolute Gasteiger partial charge is 0.466 e. The lowest BCUT2D eigenvalue weighted by Crippen LogP contribution is -2.38. The van der Waals surface area contributed by atoms with Crippen LogP contribution in [0.15, 0.2) is 42.5 Å². The highest BCUT2D eigenvalue weighted by atomic mass is 16.5. The highest BCUT2D eigenvalue weighted by Crippen LogP contribution is 2.46. The molecule has 4 heteroatoms. The van der Waals surface area contributed by atoms with E-state index < -0.39 is 0 Å². The Morgan fingerprint density at radius 1 is 1.19 bits per heavy atom. The van der Waals surface area contributed by atoms with Crippen molar-refractivity contribution >= 4 is 11.9 Å². The predicted octanol–water partition coefficient (Wildman–Crippen LogP) is 3.67. The third-order valence-corrected chi connectivity index (χ3v) is 5.85. The van der Waals surface area contributed by atoms with E-state index in [0.717, 1.165) is 5.56 Å². The van der Waals surface area contributed by atoms with E-state index in [0.29, 0.717) is 19.1 Å². The average molecular weight is 355 g/mol. The van der Waals surface area contributed by atoms with Crippen molar-refractivity contribution in [3.05, 3.63) is 48.0 Å². The second kappa shape index (κ2) is 7.65. The van der Waals surface area contributed by atoms with Crippen molar-refractivity contribution in [2.45, 2.75) is 40.3 Å². The summed E-state index contributed by atoms with van der Waals surface area (Å²) in [7, 11) is 0. The Bertz CT molecular complexity index is 682. The van der Waals surface area contributed by atoms with E-state index in [1.807, 2.05) is 43.0 Å². The summed E-state index contributed by atoms with van der Waals surface area (Å²) in [5.74, 6) is -0.0527. The molecule has 1 aromatic carbocycles. The highest BCUT2D eigenvalue weighted by molar-refractivity contribution is 5.85. The Labute approximate surface area is 156 Å². The van der Waals surface area contributed by atoms with Gasteiger partial charge in [0.15, 0.2) is 0 Å². The van der Waals surface area contributed by atoms with Gasteiger partial charge >= 0.3 is 5.97 Å². The summed E-state index contributed by atoms with van der Waals surface area (Å²) < 4.78 is 5.22. The number of ether oxygens (including phenoxy) is 1. The zero-order valence-corrected chi connectivity index (χ0v) is 16.1. The van der Waals surface area contributed by atoms with Gasteiger partial charge < -0.3 is 9.64 Å². The molecule has 0 bridgehead atoms. The van der Waals surface area contributed by atoms with E-state index in [2.05, 4.69) is 32.1 Å². The van der Waals surface area contributed by atoms with E-state index in [9.17, 15) is 9.59 Å². The Balaban J connectivity index is 1.89. The minimum Gasteiger partial charge on any atom is -0.466 e. The second-order valence-electron chi connectivity index (χ2n) is 7.81. The first kappa shape index (κ1) is 18.7. The fourth-order valence-electron chi connectivity index (χ4n) is 4.68. The van der Waals surface area contributed by atoms with Gasteiger partial charge in [0.2, 0.25) is 5.91 Å². The molecule has 0 spiro atoms. The molecule has 0 N–H and O–H groups in total. The van der Waals surface area contributed by atoms with Crippen LogP contribution in [0.3, 0.4) is 0 Å². The SMILES string of the molecule is CCOC(=O)[C@@H]1C=C[C@H]2[C@@H](C(=O)N(Cc3ccccc3)[C@H]2C(C)C)[C@@H]1C. The molecule has 1 heterocycles. The van der Waals surface area contributed by atoms with Gasteiger partial charge in [0.05, 0.1) is 18.4 Å². The Morgan fingerprint density at radius 3 is 2.50 bits per heavy atom. The van der Waals surface area contributed by atoms with Crippen LogP contribution in [-0.4, -0.2) is 29.4 Å². The third kappa shape index (κ3) is 3.29. The van der Waals surface area contributed by atoms with Crippen LogP contribution in [0.1, 0.15) is 33.3 Å². The molecule has 3 rings (SSSR count). The molecule has 0 unspecified atom stereocenters. The van der Waals surface area contributed by atoms with Crippen molar-refractivity contribution in [2.24, 2.45) is 29.6 Å². The molecule has 140 valence electrons. The van der Waals surface area contributed by atoms with E-state index in [1.54, 1.807) is 0 Å². The zero-order valence-electron chi connectivity index (χ0n) is 16.1. The van der Waals surface area contributed by atoms with Gasteiger partial charge in [-0.1, -0.05) is 63.3 Å². The number of benzene rings is 1. The van der Waals surface area contributed by atoms with Gasteiger partial charge in [0, 0.05) is 18.5 Å². The van der Waals surface area contributed by atoms with E-state index in [4.69, 9.17) is 4.74 Å². The van der Waals surface area contributed by atoms with Crippen LogP contribution in [0.25, 0.3) is 0 Å². The average Bonchev–Trinajstić information content (AvgIpc) is 2.89. The van der Waals surface area contributed by atoms with Gasteiger partial charge in [0.1, 0.15) is 0 Å². The molecule has 2 aliphatic rings. The molecule has 5 atom stereocenters. The predicted molar refractivity (Wildman–Crippen MR) is 101 cm³/mol. The Morgan fingerprint density at radius 2 is 1.88 bits per heavy atom. The van der Waals surface area contributed by atoms with Crippen LogP contribution < -0.4 is 0 Å². The third-order valence-electron chi connectivity index (χ3n) is 5.85. The highest BCUT2D eigenvalue weighted by Gasteiger charge is 2.53. The van der Waals surface area contributed by atoms with Crippen molar-refractivity contribution in [3.8, 4) is 0 Å². The number of hydrogen-bond donors (Lipinski definition) is 0. The van der Waals surface area contributed by atoms with Crippen molar-refractivity contribution < 1.29 is 14.3 Å². The smallest absolute Gasteiger partial charge is 0.313 e. The van der Waals surface area contributed by atoms with Crippen LogP contribution >= 0.6 is 0 Å². The first-order chi connectivity index (χ1) is 12.5. The lowest BCUT2D eigenvalue weighted by molar-refractivity contribution is -0.149. The molecule has 0 radical (unpaired) electrons. The number of esters is 1. The Kier molecular flexibility index (Phi) is 5.49. The molecule has 4 nitrogen and oxygen atoms in total. The van der Waals surface area contributed by atoms with Gasteiger partial charge in [-0.15, -0.1) is 0 Å². The molecule has 0 saturated carbocycles. The standard InChI is InChI=1S/C22H29NO3/c1-5-26-22(25)17-11-12-18-19(15(17)4)21(24)23(20(18)14(2)3)13-16-9-7-6-8-10-16/h6-12,14-15,17-20H,5,13H2,1-4H3/t15-,17-,18+,19+,20+/m1/s1. The molecule has 0 aromatic heterocycles. The monoisotopic (exact) mass is 355 g/mol. The first-order valence-corrected chi connectivity index (χ1v) is 9.65. The minimum atomic E-state index is -0.329. The maximum Gasteiger partial charge on any atom is 0.313 e. The number of nitrogens with zero attached hydrogens (tertiary/aromatic N) is 1. The molecule has 1 aliphatic heterocycles. The van der Waals surface area contributed by atoms with Gasteiger partial charge in [-0.05, 0) is 24.3 Å². The van der Waals surface area contributed by atoms with Gasteiger partial charge in [-0.2, -0.15) is 0 Å². The molecular weight excluding hydrogens is 326 g/mol. The number of carbonyl (C=O) groups excluding carboxylic acids is 2. The molecule has 1 aliphatic carbocycles. The van der Waals surface area contributed by atoms with Crippen molar-refractivity contribution in [2.75, 3.05) is 6.61 Å². The van der Waals surface area contributed by atoms with Crippen LogP contribution in [0, 0.1) is 29.6 Å². The molecule has 1 aromatic rings. The maximum absolute atomic E-state index is 13.3. The van der Waals surface area contributed by atoms with Gasteiger partial charge in [-0.3, -0.25) is 9.59 Å². The summed E-state index contributed by atoms with van der Waals surface area (Å²) in [5, 5.41) is 0. The summed E-state index contributed by atoms with van der Waals surface area (Å²) in [6.07, 6.45) is 4.07. The van der Waals surface area contributed by atoms with E-state index >= 15 is 0 Å². The number of rotatable bonds is 5. The van der Waals surface area contributed by atoms with Crippen LogP contribution in [0.2, 0.25) is 0 Å². The van der Waals surface area contributed by atoms with Gasteiger partial charge in [-0.25, -0.2) is 0 Å². The van der Waals surface area contributed by atoms with Crippen LogP contribution in [0.4, 0.5) is 0 Å². The number of fused-ring (bicyclic) bond motifs is 1. The fourth-order valence-corrected chi connectivity index (χ4v) is 4.68. The quantitative estimate of drug-likeness (QED) is 0.598. The van der Waals surface area contributed by atoms with Gasteiger partial charge in [0.25, 0.3) is 0 Å². The first-order valence-electron chi connectivity index (χ1n) is 9.65. The molecular formula is C22H29NO3. The topological polar surface area (TPSA) is 46.6 Å². The van der Waals surface area contributed by atoms with E-state index in [1.165, 1.54) is 0 Å². The molecule has 1 fully saturated rings. The number of hydrogen-bond acceptors (Lipinski definition) is 3. The minimum absolute atomic E-state index is 0.0430. The van der Waals surface area contributed by atoms with E-state index in [-0.39, 0.29) is 41.6 Å². The summed E-state index contributed by atoms with van der Waals surface area (Å²) >= 11 is 0. The summed E-state index contributed by atoms with van der Waals surface area (Å²) in [5.41, 5.74) is 1.14. The summed E-state index contributed by atoms with van der Waals surface area (Å²) in [6, 6.07) is 10.3. The lowest BCUT2D eigenvalue weighted by atomic mass is 9.70. The van der Waals surface area contributed by atoms with Crippen LogP contribution in [-0.2, 0) is 20.9 Å². The second-order valence-corrected chi connectivity index (χ2v) is 7.81. The van der Waals surface area contributed by atoms with Crippen molar-refractivity contribution in [1.82, 2.24) is 4.90 Å². The molecule has 1 amide bonds. The normalized spacial score (nSPS) is 30.6. The summed E-state index contributed by atoms with van der Waals surface area (Å²) in [6.45, 7) is 9.18.